The highest BCUT2D eigenvalue weighted by atomic mass is 32.2. The summed E-state index contributed by atoms with van der Waals surface area (Å²) in [6.45, 7) is 0. The molecule has 0 aliphatic carbocycles. The summed E-state index contributed by atoms with van der Waals surface area (Å²) >= 11 is 2.51. The minimum atomic E-state index is -0.650. The van der Waals surface area contributed by atoms with E-state index in [2.05, 4.69) is 15.5 Å². The molecule has 24 heavy (non-hydrogen) atoms. The Bertz CT molecular complexity index is 824. The van der Waals surface area contributed by atoms with Crippen molar-refractivity contribution in [1.82, 2.24) is 10.2 Å². The highest BCUT2D eigenvalue weighted by Gasteiger charge is 2.21. The van der Waals surface area contributed by atoms with Crippen LogP contribution < -0.4 is 11.1 Å². The van der Waals surface area contributed by atoms with Gasteiger partial charge in [0, 0.05) is 5.69 Å². The van der Waals surface area contributed by atoms with Gasteiger partial charge in [-0.05, 0) is 29.8 Å². The van der Waals surface area contributed by atoms with E-state index in [1.165, 1.54) is 35.2 Å². The number of nitrogens with zero attached hydrogens (tertiary/aromatic N) is 2. The number of thioether (sulfide) groups is 1. The number of nitrogens with two attached hydrogens (primary N) is 1. The van der Waals surface area contributed by atoms with E-state index in [9.17, 15) is 9.18 Å². The molecule has 0 aliphatic heterocycles. The fraction of sp³-hybridized carbons (Fsp3) is 0.0625. The van der Waals surface area contributed by atoms with E-state index in [0.29, 0.717) is 15.0 Å². The SMILES string of the molecule is NC(=O)C(Sc1nnc(Nc2ccccc2)s1)c1ccc(F)cc1. The molecule has 1 amide bonds. The molecular formula is C16H13FN4OS2. The summed E-state index contributed by atoms with van der Waals surface area (Å²) in [6.07, 6.45) is 0. The van der Waals surface area contributed by atoms with Crippen LogP contribution in [0.5, 0.6) is 0 Å². The van der Waals surface area contributed by atoms with Gasteiger partial charge in [-0.25, -0.2) is 4.39 Å². The average Bonchev–Trinajstić information content (AvgIpc) is 3.01. The van der Waals surface area contributed by atoms with Gasteiger partial charge in [0.05, 0.1) is 0 Å². The summed E-state index contributed by atoms with van der Waals surface area (Å²) in [4.78, 5) is 11.7. The number of primary amides is 1. The molecule has 3 aromatic rings. The molecule has 3 N–H and O–H groups in total. The first-order valence-electron chi connectivity index (χ1n) is 6.99. The van der Waals surface area contributed by atoms with Crippen LogP contribution in [-0.4, -0.2) is 16.1 Å². The molecule has 1 aromatic heterocycles. The van der Waals surface area contributed by atoms with Crippen molar-refractivity contribution in [3.8, 4) is 0 Å². The third kappa shape index (κ3) is 4.09. The summed E-state index contributed by atoms with van der Waals surface area (Å²) in [6, 6.07) is 15.3. The number of hydrogen-bond donors (Lipinski definition) is 2. The zero-order valence-corrected chi connectivity index (χ0v) is 14.0. The number of benzene rings is 2. The van der Waals surface area contributed by atoms with Crippen molar-refractivity contribution in [3.05, 3.63) is 66.0 Å². The van der Waals surface area contributed by atoms with E-state index in [-0.39, 0.29) is 5.82 Å². The third-order valence-corrected chi connectivity index (χ3v) is 5.28. The Balaban J connectivity index is 1.74. The van der Waals surface area contributed by atoms with Gasteiger partial charge in [0.1, 0.15) is 11.1 Å². The molecule has 1 unspecified atom stereocenters. The van der Waals surface area contributed by atoms with Crippen LogP contribution in [0.25, 0.3) is 0 Å². The molecule has 1 atom stereocenters. The van der Waals surface area contributed by atoms with Crippen molar-refractivity contribution in [2.24, 2.45) is 5.73 Å². The zero-order chi connectivity index (χ0) is 16.9. The van der Waals surface area contributed by atoms with Crippen molar-refractivity contribution >= 4 is 39.8 Å². The monoisotopic (exact) mass is 360 g/mol. The van der Waals surface area contributed by atoms with Crippen LogP contribution in [0.4, 0.5) is 15.2 Å². The Kier molecular flexibility index (Phi) is 5.07. The highest BCUT2D eigenvalue weighted by molar-refractivity contribution is 8.01. The molecule has 3 rings (SSSR count). The van der Waals surface area contributed by atoms with E-state index in [1.807, 2.05) is 30.3 Å². The average molecular weight is 360 g/mol. The Morgan fingerprint density at radius 3 is 2.50 bits per heavy atom. The van der Waals surface area contributed by atoms with Crippen LogP contribution in [0.15, 0.2) is 58.9 Å². The largest absolute Gasteiger partial charge is 0.368 e. The van der Waals surface area contributed by atoms with Crippen LogP contribution in [0, 0.1) is 5.82 Å². The van der Waals surface area contributed by atoms with E-state index < -0.39 is 11.2 Å². The predicted octanol–water partition coefficient (Wildman–Crippen LogP) is 3.74. The van der Waals surface area contributed by atoms with Crippen molar-refractivity contribution in [2.75, 3.05) is 5.32 Å². The molecule has 0 radical (unpaired) electrons. The molecule has 5 nitrogen and oxygen atoms in total. The normalized spacial score (nSPS) is 11.9. The lowest BCUT2D eigenvalue weighted by atomic mass is 10.1. The Labute approximate surface area is 146 Å². The molecule has 0 bridgehead atoms. The molecule has 8 heteroatoms. The predicted molar refractivity (Wildman–Crippen MR) is 93.8 cm³/mol. The number of rotatable bonds is 6. The van der Waals surface area contributed by atoms with Gasteiger partial charge in [0.25, 0.3) is 0 Å². The van der Waals surface area contributed by atoms with Gasteiger partial charge >= 0.3 is 0 Å². The van der Waals surface area contributed by atoms with Gasteiger partial charge in [0.2, 0.25) is 11.0 Å². The van der Waals surface area contributed by atoms with Crippen LogP contribution >= 0.6 is 23.1 Å². The molecule has 0 saturated heterocycles. The molecular weight excluding hydrogens is 347 g/mol. The standard InChI is InChI=1S/C16H13FN4OS2/c17-11-8-6-10(7-9-11)13(14(18)22)23-16-21-20-15(24-16)19-12-4-2-1-3-5-12/h1-9,13H,(H2,18,22)(H,19,20). The fourth-order valence-corrected chi connectivity index (χ4v) is 3.90. The van der Waals surface area contributed by atoms with Crippen LogP contribution in [0.2, 0.25) is 0 Å². The molecule has 0 fully saturated rings. The Morgan fingerprint density at radius 2 is 1.83 bits per heavy atom. The first-order valence-corrected chi connectivity index (χ1v) is 8.68. The number of hydrogen-bond acceptors (Lipinski definition) is 6. The number of para-hydroxylation sites is 1. The van der Waals surface area contributed by atoms with Crippen LogP contribution in [0.1, 0.15) is 10.8 Å². The van der Waals surface area contributed by atoms with E-state index in [0.717, 1.165) is 5.69 Å². The molecule has 1 heterocycles. The van der Waals surface area contributed by atoms with Gasteiger partial charge < -0.3 is 11.1 Å². The highest BCUT2D eigenvalue weighted by Crippen LogP contribution is 2.38. The second kappa shape index (κ2) is 7.41. The maximum Gasteiger partial charge on any atom is 0.235 e. The van der Waals surface area contributed by atoms with Gasteiger partial charge in [-0.1, -0.05) is 53.4 Å². The Hall–Kier alpha value is -2.45. The number of anilines is 2. The lowest BCUT2D eigenvalue weighted by Gasteiger charge is -2.11. The summed E-state index contributed by atoms with van der Waals surface area (Å²) < 4.78 is 13.6. The quantitative estimate of drug-likeness (QED) is 0.655. The maximum atomic E-state index is 13.0. The topological polar surface area (TPSA) is 80.9 Å². The number of carbonyl (C=O) groups is 1. The smallest absolute Gasteiger partial charge is 0.235 e. The fourth-order valence-electron chi connectivity index (χ4n) is 1.98. The first-order chi connectivity index (χ1) is 11.6. The number of aromatic nitrogens is 2. The second-order valence-electron chi connectivity index (χ2n) is 4.82. The van der Waals surface area contributed by atoms with Crippen molar-refractivity contribution in [2.45, 2.75) is 9.59 Å². The minimum Gasteiger partial charge on any atom is -0.368 e. The summed E-state index contributed by atoms with van der Waals surface area (Å²) in [5, 5.41) is 11.2. The van der Waals surface area contributed by atoms with Gasteiger partial charge in [-0.15, -0.1) is 10.2 Å². The summed E-state index contributed by atoms with van der Waals surface area (Å²) in [5.74, 6) is -0.878. The van der Waals surface area contributed by atoms with E-state index >= 15 is 0 Å². The van der Waals surface area contributed by atoms with Crippen LogP contribution in [-0.2, 0) is 4.79 Å². The van der Waals surface area contributed by atoms with Crippen molar-refractivity contribution in [3.63, 3.8) is 0 Å². The second-order valence-corrected chi connectivity index (χ2v) is 7.15. The molecule has 0 spiro atoms. The molecule has 0 saturated carbocycles. The minimum absolute atomic E-state index is 0.364. The lowest BCUT2D eigenvalue weighted by Crippen LogP contribution is -2.18. The van der Waals surface area contributed by atoms with Gasteiger partial charge in [-0.2, -0.15) is 0 Å². The third-order valence-electron chi connectivity index (χ3n) is 3.08. The molecule has 122 valence electrons. The molecule has 0 aliphatic rings. The number of amides is 1. The van der Waals surface area contributed by atoms with Gasteiger partial charge in [-0.3, -0.25) is 4.79 Å². The van der Waals surface area contributed by atoms with Crippen LogP contribution in [0.3, 0.4) is 0 Å². The van der Waals surface area contributed by atoms with Crippen molar-refractivity contribution in [1.29, 1.82) is 0 Å². The maximum absolute atomic E-state index is 13.0. The van der Waals surface area contributed by atoms with Gasteiger partial charge in [0.15, 0.2) is 4.34 Å². The van der Waals surface area contributed by atoms with E-state index in [4.69, 9.17) is 5.73 Å². The zero-order valence-electron chi connectivity index (χ0n) is 12.3. The molecule has 2 aromatic carbocycles. The lowest BCUT2D eigenvalue weighted by molar-refractivity contribution is -0.117. The number of halogens is 1. The van der Waals surface area contributed by atoms with Crippen molar-refractivity contribution < 1.29 is 9.18 Å². The number of nitrogens with one attached hydrogen (secondary N) is 1. The number of carbonyl (C=O) groups excluding carboxylic acids is 1. The van der Waals surface area contributed by atoms with E-state index in [1.54, 1.807) is 12.1 Å². The summed E-state index contributed by atoms with van der Waals surface area (Å²) in [7, 11) is 0. The Morgan fingerprint density at radius 1 is 1.12 bits per heavy atom. The summed E-state index contributed by atoms with van der Waals surface area (Å²) in [5.41, 5.74) is 7.00. The first kappa shape index (κ1) is 16.4.